The van der Waals surface area contributed by atoms with Gasteiger partial charge >= 0.3 is 0 Å². The lowest BCUT2D eigenvalue weighted by Crippen LogP contribution is -2.25. The van der Waals surface area contributed by atoms with E-state index >= 15 is 0 Å². The SMILES string of the molecule is CCCNC(c1cc(C)oc1C)c1ccnn1C. The van der Waals surface area contributed by atoms with Crippen LogP contribution in [0.1, 0.15) is 42.2 Å². The molecular weight excluding hydrogens is 226 g/mol. The van der Waals surface area contributed by atoms with Crippen molar-refractivity contribution in [3.8, 4) is 0 Å². The minimum atomic E-state index is 0.148. The molecule has 1 unspecified atom stereocenters. The molecule has 2 aromatic heterocycles. The predicted octanol–water partition coefficient (Wildman–Crippen LogP) is 2.72. The zero-order valence-corrected chi connectivity index (χ0v) is 11.5. The summed E-state index contributed by atoms with van der Waals surface area (Å²) in [4.78, 5) is 0. The Bertz CT molecular complexity index is 513. The summed E-state index contributed by atoms with van der Waals surface area (Å²) < 4.78 is 7.56. The second kappa shape index (κ2) is 5.40. The highest BCUT2D eigenvalue weighted by Crippen LogP contribution is 2.27. The summed E-state index contributed by atoms with van der Waals surface area (Å²) in [5.74, 6) is 1.93. The van der Waals surface area contributed by atoms with Crippen molar-refractivity contribution < 1.29 is 4.42 Å². The minimum Gasteiger partial charge on any atom is -0.466 e. The first kappa shape index (κ1) is 12.9. The van der Waals surface area contributed by atoms with E-state index in [-0.39, 0.29) is 6.04 Å². The van der Waals surface area contributed by atoms with E-state index in [4.69, 9.17) is 4.42 Å². The van der Waals surface area contributed by atoms with Gasteiger partial charge in [0.05, 0.1) is 11.7 Å². The number of nitrogens with one attached hydrogen (secondary N) is 1. The van der Waals surface area contributed by atoms with Crippen molar-refractivity contribution in [3.05, 3.63) is 41.1 Å². The first-order chi connectivity index (χ1) is 8.63. The van der Waals surface area contributed by atoms with Crippen LogP contribution in [0.25, 0.3) is 0 Å². The number of nitrogens with zero attached hydrogens (tertiary/aromatic N) is 2. The fourth-order valence-electron chi connectivity index (χ4n) is 2.27. The summed E-state index contributed by atoms with van der Waals surface area (Å²) in [7, 11) is 1.97. The second-order valence-corrected chi connectivity index (χ2v) is 4.64. The Balaban J connectivity index is 2.37. The maximum Gasteiger partial charge on any atom is 0.106 e. The molecule has 0 fully saturated rings. The van der Waals surface area contributed by atoms with E-state index in [1.54, 1.807) is 0 Å². The van der Waals surface area contributed by atoms with Gasteiger partial charge in [-0.15, -0.1) is 0 Å². The van der Waals surface area contributed by atoms with Crippen LogP contribution in [0.5, 0.6) is 0 Å². The van der Waals surface area contributed by atoms with E-state index in [9.17, 15) is 0 Å². The van der Waals surface area contributed by atoms with E-state index in [0.717, 1.165) is 30.2 Å². The molecule has 0 aromatic carbocycles. The number of rotatable bonds is 5. The molecule has 1 atom stereocenters. The monoisotopic (exact) mass is 247 g/mol. The highest BCUT2D eigenvalue weighted by atomic mass is 16.3. The van der Waals surface area contributed by atoms with E-state index in [0.29, 0.717) is 0 Å². The Kier molecular flexibility index (Phi) is 3.87. The van der Waals surface area contributed by atoms with Gasteiger partial charge in [-0.3, -0.25) is 4.68 Å². The number of aromatic nitrogens is 2. The van der Waals surface area contributed by atoms with Gasteiger partial charge in [0.1, 0.15) is 11.5 Å². The van der Waals surface area contributed by atoms with Crippen molar-refractivity contribution in [3.63, 3.8) is 0 Å². The lowest BCUT2D eigenvalue weighted by molar-refractivity contribution is 0.489. The molecule has 0 saturated heterocycles. The molecule has 0 spiro atoms. The first-order valence-corrected chi connectivity index (χ1v) is 6.41. The summed E-state index contributed by atoms with van der Waals surface area (Å²) in [5, 5.41) is 7.82. The Morgan fingerprint density at radius 3 is 2.72 bits per heavy atom. The molecule has 0 aliphatic rings. The average Bonchev–Trinajstić information content (AvgIpc) is 2.87. The molecular formula is C14H21N3O. The second-order valence-electron chi connectivity index (χ2n) is 4.64. The topological polar surface area (TPSA) is 43.0 Å². The van der Waals surface area contributed by atoms with Crippen LogP contribution < -0.4 is 5.32 Å². The third-order valence-corrected chi connectivity index (χ3v) is 3.14. The standard InChI is InChI=1S/C14H21N3O/c1-5-7-15-14(13-6-8-16-17(13)4)12-9-10(2)18-11(12)3/h6,8-9,14-15H,5,7H2,1-4H3. The Labute approximate surface area is 108 Å². The van der Waals surface area contributed by atoms with Gasteiger partial charge in [-0.25, -0.2) is 0 Å². The molecule has 2 rings (SSSR count). The number of hydrogen-bond acceptors (Lipinski definition) is 3. The van der Waals surface area contributed by atoms with Gasteiger partial charge < -0.3 is 9.73 Å². The number of aryl methyl sites for hydroxylation is 3. The molecule has 0 saturated carbocycles. The molecule has 4 nitrogen and oxygen atoms in total. The van der Waals surface area contributed by atoms with Crippen molar-refractivity contribution >= 4 is 0 Å². The van der Waals surface area contributed by atoms with Gasteiger partial charge in [-0.2, -0.15) is 5.10 Å². The molecule has 18 heavy (non-hydrogen) atoms. The predicted molar refractivity (Wildman–Crippen MR) is 71.5 cm³/mol. The molecule has 0 aliphatic heterocycles. The molecule has 98 valence electrons. The van der Waals surface area contributed by atoms with E-state index in [1.165, 1.54) is 5.56 Å². The van der Waals surface area contributed by atoms with Crippen LogP contribution in [0, 0.1) is 13.8 Å². The van der Waals surface area contributed by atoms with Gasteiger partial charge in [-0.05, 0) is 38.9 Å². The van der Waals surface area contributed by atoms with Crippen molar-refractivity contribution in [1.82, 2.24) is 15.1 Å². The third-order valence-electron chi connectivity index (χ3n) is 3.14. The van der Waals surface area contributed by atoms with Gasteiger partial charge in [0.25, 0.3) is 0 Å². The molecule has 0 aliphatic carbocycles. The molecule has 2 heterocycles. The maximum absolute atomic E-state index is 5.64. The third kappa shape index (κ3) is 2.48. The van der Waals surface area contributed by atoms with E-state index in [1.807, 2.05) is 31.8 Å². The fraction of sp³-hybridized carbons (Fsp3) is 0.500. The Morgan fingerprint density at radius 2 is 2.22 bits per heavy atom. The zero-order valence-electron chi connectivity index (χ0n) is 11.5. The molecule has 0 amide bonds. The number of hydrogen-bond donors (Lipinski definition) is 1. The summed E-state index contributed by atoms with van der Waals surface area (Å²) in [5.41, 5.74) is 2.36. The Morgan fingerprint density at radius 1 is 1.44 bits per heavy atom. The van der Waals surface area contributed by atoms with Crippen molar-refractivity contribution in [2.75, 3.05) is 6.54 Å². The van der Waals surface area contributed by atoms with E-state index in [2.05, 4.69) is 29.5 Å². The summed E-state index contributed by atoms with van der Waals surface area (Å²) in [6.07, 6.45) is 2.93. The highest BCUT2D eigenvalue weighted by molar-refractivity contribution is 5.31. The molecule has 1 N–H and O–H groups in total. The fourth-order valence-corrected chi connectivity index (χ4v) is 2.27. The summed E-state index contributed by atoms with van der Waals surface area (Å²) in [6, 6.07) is 4.31. The quantitative estimate of drug-likeness (QED) is 0.883. The van der Waals surface area contributed by atoms with Crippen LogP contribution in [0.4, 0.5) is 0 Å². The Hall–Kier alpha value is -1.55. The van der Waals surface area contributed by atoms with Crippen molar-refractivity contribution in [2.45, 2.75) is 33.2 Å². The van der Waals surface area contributed by atoms with Crippen LogP contribution >= 0.6 is 0 Å². The highest BCUT2D eigenvalue weighted by Gasteiger charge is 2.20. The molecule has 4 heteroatoms. The summed E-state index contributed by atoms with van der Waals surface area (Å²) >= 11 is 0. The number of furan rings is 1. The van der Waals surface area contributed by atoms with Gasteiger partial charge in [-0.1, -0.05) is 6.92 Å². The van der Waals surface area contributed by atoms with Gasteiger partial charge in [0.2, 0.25) is 0 Å². The van der Waals surface area contributed by atoms with Crippen LogP contribution in [0.3, 0.4) is 0 Å². The molecule has 0 radical (unpaired) electrons. The lowest BCUT2D eigenvalue weighted by Gasteiger charge is -2.18. The minimum absolute atomic E-state index is 0.148. The lowest BCUT2D eigenvalue weighted by atomic mass is 10.0. The van der Waals surface area contributed by atoms with Crippen LogP contribution in [0.15, 0.2) is 22.7 Å². The van der Waals surface area contributed by atoms with E-state index < -0.39 is 0 Å². The zero-order chi connectivity index (χ0) is 13.1. The van der Waals surface area contributed by atoms with Gasteiger partial charge in [0, 0.05) is 18.8 Å². The average molecular weight is 247 g/mol. The van der Waals surface area contributed by atoms with Crippen LogP contribution in [-0.4, -0.2) is 16.3 Å². The van der Waals surface area contributed by atoms with Crippen LogP contribution in [0.2, 0.25) is 0 Å². The van der Waals surface area contributed by atoms with Gasteiger partial charge in [0.15, 0.2) is 0 Å². The molecule has 0 bridgehead atoms. The van der Waals surface area contributed by atoms with Crippen LogP contribution in [-0.2, 0) is 7.05 Å². The van der Waals surface area contributed by atoms with Crippen molar-refractivity contribution in [2.24, 2.45) is 7.05 Å². The molecule has 2 aromatic rings. The largest absolute Gasteiger partial charge is 0.466 e. The normalized spacial score (nSPS) is 12.9. The smallest absolute Gasteiger partial charge is 0.106 e. The summed E-state index contributed by atoms with van der Waals surface area (Å²) in [6.45, 7) is 7.14. The maximum atomic E-state index is 5.64. The first-order valence-electron chi connectivity index (χ1n) is 6.41. The van der Waals surface area contributed by atoms with Crippen molar-refractivity contribution in [1.29, 1.82) is 0 Å².